The van der Waals surface area contributed by atoms with E-state index in [0.29, 0.717) is 5.92 Å². The number of carbonyl (C=O) groups excluding carboxylic acids is 1. The molecule has 1 aliphatic heterocycles. The van der Waals surface area contributed by atoms with E-state index in [0.717, 1.165) is 19.5 Å². The molecule has 1 unspecified atom stereocenters. The molecule has 2 amide bonds. The predicted molar refractivity (Wildman–Crippen MR) is 49.0 cm³/mol. The predicted octanol–water partition coefficient (Wildman–Crippen LogP) is 1.45. The molecule has 1 heterocycles. The molecule has 3 heteroatoms. The van der Waals surface area contributed by atoms with Crippen molar-refractivity contribution in [1.29, 1.82) is 0 Å². The number of hydrogen-bond donors (Lipinski definition) is 1. The Morgan fingerprint density at radius 3 is 2.25 bits per heavy atom. The van der Waals surface area contributed by atoms with Gasteiger partial charge in [-0.2, -0.15) is 0 Å². The summed E-state index contributed by atoms with van der Waals surface area (Å²) in [7, 11) is 0. The maximum atomic E-state index is 11.4. The first kappa shape index (κ1) is 9.36. The van der Waals surface area contributed by atoms with E-state index in [1.54, 1.807) is 0 Å². The zero-order chi connectivity index (χ0) is 9.14. The molecule has 1 N–H and O–H groups in total. The van der Waals surface area contributed by atoms with Gasteiger partial charge in [-0.15, -0.1) is 0 Å². The maximum absolute atomic E-state index is 11.4. The molecule has 0 aromatic heterocycles. The monoisotopic (exact) mass is 170 g/mol. The van der Waals surface area contributed by atoms with E-state index in [9.17, 15) is 4.79 Å². The summed E-state index contributed by atoms with van der Waals surface area (Å²) in [5.41, 5.74) is 0. The van der Waals surface area contributed by atoms with Crippen molar-refractivity contribution in [3.8, 4) is 0 Å². The van der Waals surface area contributed by atoms with Gasteiger partial charge in [-0.05, 0) is 19.3 Å². The van der Waals surface area contributed by atoms with Crippen LogP contribution in [0.15, 0.2) is 0 Å². The van der Waals surface area contributed by atoms with Gasteiger partial charge in [-0.3, -0.25) is 0 Å². The molecule has 0 aromatic rings. The second-order valence-electron chi connectivity index (χ2n) is 3.82. The first-order valence-corrected chi connectivity index (χ1v) is 4.66. The Labute approximate surface area is 74.1 Å². The minimum absolute atomic E-state index is 0.0995. The quantitative estimate of drug-likeness (QED) is 0.668. The highest BCUT2D eigenvalue weighted by Crippen LogP contribution is 2.07. The van der Waals surface area contributed by atoms with E-state index in [1.807, 2.05) is 11.8 Å². The van der Waals surface area contributed by atoms with Crippen molar-refractivity contribution in [2.75, 3.05) is 13.1 Å². The second-order valence-corrected chi connectivity index (χ2v) is 3.82. The Balaban J connectivity index is 2.25. The van der Waals surface area contributed by atoms with Crippen LogP contribution in [-0.2, 0) is 0 Å². The molecule has 0 aliphatic carbocycles. The van der Waals surface area contributed by atoms with Crippen LogP contribution in [0.5, 0.6) is 0 Å². The Morgan fingerprint density at radius 2 is 1.92 bits per heavy atom. The van der Waals surface area contributed by atoms with Crippen molar-refractivity contribution < 1.29 is 4.79 Å². The average molecular weight is 170 g/mol. The van der Waals surface area contributed by atoms with E-state index in [4.69, 9.17) is 0 Å². The van der Waals surface area contributed by atoms with Gasteiger partial charge >= 0.3 is 6.03 Å². The number of nitrogens with one attached hydrogen (secondary N) is 1. The number of rotatable bonds is 2. The molecule has 0 radical (unpaired) electrons. The Hall–Kier alpha value is -0.730. The molecular weight excluding hydrogens is 152 g/mol. The molecule has 1 saturated heterocycles. The van der Waals surface area contributed by atoms with Gasteiger partial charge in [0.1, 0.15) is 0 Å². The van der Waals surface area contributed by atoms with Gasteiger partial charge in [-0.1, -0.05) is 13.8 Å². The molecule has 1 aliphatic rings. The standard InChI is InChI=1S/C9H18N2O/c1-7(2)8(3)10-9(12)11-5-4-6-11/h7-8H,4-6H2,1-3H3,(H,10,12). The third-order valence-corrected chi connectivity index (χ3v) is 2.49. The fourth-order valence-corrected chi connectivity index (χ4v) is 0.972. The highest BCUT2D eigenvalue weighted by Gasteiger charge is 2.21. The summed E-state index contributed by atoms with van der Waals surface area (Å²) in [4.78, 5) is 13.2. The number of likely N-dealkylation sites (tertiary alicyclic amines) is 1. The van der Waals surface area contributed by atoms with Crippen LogP contribution in [0.25, 0.3) is 0 Å². The minimum atomic E-state index is 0.0995. The van der Waals surface area contributed by atoms with Crippen molar-refractivity contribution in [2.45, 2.75) is 33.2 Å². The van der Waals surface area contributed by atoms with Gasteiger partial charge in [0, 0.05) is 19.1 Å². The highest BCUT2D eigenvalue weighted by atomic mass is 16.2. The molecule has 70 valence electrons. The lowest BCUT2D eigenvalue weighted by molar-refractivity contribution is 0.162. The van der Waals surface area contributed by atoms with Gasteiger partial charge < -0.3 is 10.2 Å². The largest absolute Gasteiger partial charge is 0.335 e. The van der Waals surface area contributed by atoms with Crippen LogP contribution < -0.4 is 5.32 Å². The lowest BCUT2D eigenvalue weighted by Gasteiger charge is -2.32. The highest BCUT2D eigenvalue weighted by molar-refractivity contribution is 5.75. The SMILES string of the molecule is CC(C)C(C)NC(=O)N1CCC1. The first-order chi connectivity index (χ1) is 5.61. The number of urea groups is 1. The molecular formula is C9H18N2O. The van der Waals surface area contributed by atoms with E-state index in [-0.39, 0.29) is 12.1 Å². The maximum Gasteiger partial charge on any atom is 0.317 e. The van der Waals surface area contributed by atoms with Gasteiger partial charge in [0.25, 0.3) is 0 Å². The van der Waals surface area contributed by atoms with Crippen molar-refractivity contribution in [2.24, 2.45) is 5.92 Å². The lowest BCUT2D eigenvalue weighted by Crippen LogP contribution is -2.51. The van der Waals surface area contributed by atoms with Crippen molar-refractivity contribution >= 4 is 6.03 Å². The zero-order valence-electron chi connectivity index (χ0n) is 8.13. The summed E-state index contributed by atoms with van der Waals surface area (Å²) in [5, 5.41) is 2.97. The molecule has 0 bridgehead atoms. The first-order valence-electron chi connectivity index (χ1n) is 4.66. The van der Waals surface area contributed by atoms with Crippen LogP contribution in [0.1, 0.15) is 27.2 Å². The fraction of sp³-hybridized carbons (Fsp3) is 0.889. The van der Waals surface area contributed by atoms with Gasteiger partial charge in [0.2, 0.25) is 0 Å². The summed E-state index contributed by atoms with van der Waals surface area (Å²) in [5.74, 6) is 0.509. The molecule has 12 heavy (non-hydrogen) atoms. The third-order valence-electron chi connectivity index (χ3n) is 2.49. The summed E-state index contributed by atoms with van der Waals surface area (Å²) < 4.78 is 0. The molecule has 0 spiro atoms. The van der Waals surface area contributed by atoms with Crippen molar-refractivity contribution in [1.82, 2.24) is 10.2 Å². The topological polar surface area (TPSA) is 32.3 Å². The summed E-state index contributed by atoms with van der Waals surface area (Å²) in [6.07, 6.45) is 1.16. The van der Waals surface area contributed by atoms with Crippen LogP contribution in [0.3, 0.4) is 0 Å². The Kier molecular flexibility index (Phi) is 2.95. The smallest absolute Gasteiger partial charge is 0.317 e. The number of amides is 2. The second kappa shape index (κ2) is 3.78. The van der Waals surface area contributed by atoms with Crippen LogP contribution >= 0.6 is 0 Å². The normalized spacial score (nSPS) is 18.8. The van der Waals surface area contributed by atoms with E-state index < -0.39 is 0 Å². The van der Waals surface area contributed by atoms with Gasteiger partial charge in [0.05, 0.1) is 0 Å². The van der Waals surface area contributed by atoms with Crippen LogP contribution in [0, 0.1) is 5.92 Å². The minimum Gasteiger partial charge on any atom is -0.335 e. The average Bonchev–Trinajstić information content (AvgIpc) is 1.82. The van der Waals surface area contributed by atoms with E-state index in [2.05, 4.69) is 19.2 Å². The summed E-state index contributed by atoms with van der Waals surface area (Å²) >= 11 is 0. The molecule has 1 atom stereocenters. The van der Waals surface area contributed by atoms with E-state index in [1.165, 1.54) is 0 Å². The molecule has 1 rings (SSSR count). The van der Waals surface area contributed by atoms with E-state index >= 15 is 0 Å². The van der Waals surface area contributed by atoms with Crippen molar-refractivity contribution in [3.63, 3.8) is 0 Å². The number of hydrogen-bond acceptors (Lipinski definition) is 1. The zero-order valence-corrected chi connectivity index (χ0v) is 8.13. The fourth-order valence-electron chi connectivity index (χ4n) is 0.972. The van der Waals surface area contributed by atoms with Gasteiger partial charge in [-0.25, -0.2) is 4.79 Å². The number of nitrogens with zero attached hydrogens (tertiary/aromatic N) is 1. The Bertz CT molecular complexity index is 164. The lowest BCUT2D eigenvalue weighted by atomic mass is 10.1. The van der Waals surface area contributed by atoms with Gasteiger partial charge in [0.15, 0.2) is 0 Å². The molecule has 0 saturated carbocycles. The van der Waals surface area contributed by atoms with Crippen LogP contribution in [-0.4, -0.2) is 30.1 Å². The van der Waals surface area contributed by atoms with Crippen molar-refractivity contribution in [3.05, 3.63) is 0 Å². The van der Waals surface area contributed by atoms with Crippen LogP contribution in [0.4, 0.5) is 4.79 Å². The molecule has 3 nitrogen and oxygen atoms in total. The summed E-state index contributed by atoms with van der Waals surface area (Å²) in [6.45, 7) is 8.12. The van der Waals surface area contributed by atoms with Crippen LogP contribution in [0.2, 0.25) is 0 Å². The third kappa shape index (κ3) is 2.13. The molecule has 1 fully saturated rings. The number of carbonyl (C=O) groups is 1. The Morgan fingerprint density at radius 1 is 1.33 bits per heavy atom. The molecule has 0 aromatic carbocycles. The summed E-state index contributed by atoms with van der Waals surface area (Å²) in [6, 6.07) is 0.376.